The molecule has 6 nitrogen and oxygen atoms in total. The van der Waals surface area contributed by atoms with Gasteiger partial charge in [0.2, 0.25) is 0 Å². The Labute approximate surface area is 167 Å². The number of fused-ring (bicyclic) bond motifs is 2. The van der Waals surface area contributed by atoms with Crippen LogP contribution in [-0.2, 0) is 0 Å². The topological polar surface area (TPSA) is 70.9 Å². The van der Waals surface area contributed by atoms with Crippen LogP contribution in [0.2, 0.25) is 0 Å². The van der Waals surface area contributed by atoms with Crippen LogP contribution in [0.5, 0.6) is 0 Å². The molecule has 0 unspecified atom stereocenters. The van der Waals surface area contributed by atoms with E-state index >= 15 is 0 Å². The van der Waals surface area contributed by atoms with Crippen molar-refractivity contribution in [1.82, 2.24) is 29.9 Å². The summed E-state index contributed by atoms with van der Waals surface area (Å²) in [4.78, 5) is 12.5. The van der Waals surface area contributed by atoms with E-state index in [-0.39, 0.29) is 5.82 Å². The zero-order valence-electron chi connectivity index (χ0n) is 16.6. The number of rotatable bonds is 2. The van der Waals surface area contributed by atoms with Crippen molar-refractivity contribution in [2.24, 2.45) is 5.41 Å². The lowest BCUT2D eigenvalue weighted by molar-refractivity contribution is 0.122. The summed E-state index contributed by atoms with van der Waals surface area (Å²) in [6.07, 6.45) is 5.39. The standard InChI is InChI=1S/C22H23FN6/c1-12-5-17(28-29-10-13(2)25-21(12)29)14-6-16(23)19-18(7-14)26-20(27-19)15-8-22(9-15)3-4-24-11-22/h5-7,10,15,24H,3-4,8-9,11H2,1-2H3,(H,26,27). The predicted molar refractivity (Wildman–Crippen MR) is 109 cm³/mol. The first kappa shape index (κ1) is 17.1. The number of imidazole rings is 2. The molecule has 1 spiro atoms. The lowest BCUT2D eigenvalue weighted by Crippen LogP contribution is -2.38. The molecule has 29 heavy (non-hydrogen) atoms. The van der Waals surface area contributed by atoms with E-state index in [1.807, 2.05) is 32.2 Å². The van der Waals surface area contributed by atoms with Crippen molar-refractivity contribution in [3.8, 4) is 11.3 Å². The Bertz CT molecular complexity index is 1260. The van der Waals surface area contributed by atoms with Gasteiger partial charge in [0.15, 0.2) is 5.65 Å². The number of nitrogens with one attached hydrogen (secondary N) is 2. The summed E-state index contributed by atoms with van der Waals surface area (Å²) in [7, 11) is 0. The molecular formula is C22H23FN6. The maximum Gasteiger partial charge on any atom is 0.156 e. The van der Waals surface area contributed by atoms with Crippen LogP contribution >= 0.6 is 0 Å². The van der Waals surface area contributed by atoms with Crippen LogP contribution < -0.4 is 5.32 Å². The zero-order chi connectivity index (χ0) is 19.8. The van der Waals surface area contributed by atoms with Crippen LogP contribution in [0.1, 0.15) is 42.3 Å². The number of H-pyrrole nitrogens is 1. The Kier molecular flexibility index (Phi) is 3.45. The molecule has 148 valence electrons. The molecule has 0 radical (unpaired) electrons. The van der Waals surface area contributed by atoms with Crippen molar-refractivity contribution in [3.63, 3.8) is 0 Å². The molecule has 2 N–H and O–H groups in total. The van der Waals surface area contributed by atoms with Crippen LogP contribution in [0.15, 0.2) is 24.4 Å². The smallest absolute Gasteiger partial charge is 0.156 e. The van der Waals surface area contributed by atoms with E-state index in [0.29, 0.717) is 22.4 Å². The number of aryl methyl sites for hydroxylation is 2. The molecule has 2 fully saturated rings. The van der Waals surface area contributed by atoms with Crippen LogP contribution in [0.3, 0.4) is 0 Å². The van der Waals surface area contributed by atoms with E-state index in [2.05, 4.69) is 20.4 Å². The van der Waals surface area contributed by atoms with E-state index in [1.54, 1.807) is 10.6 Å². The van der Waals surface area contributed by atoms with Gasteiger partial charge in [-0.1, -0.05) is 0 Å². The van der Waals surface area contributed by atoms with Crippen molar-refractivity contribution in [2.75, 3.05) is 13.1 Å². The molecule has 6 rings (SSSR count). The highest BCUT2D eigenvalue weighted by atomic mass is 19.1. The molecule has 1 aliphatic carbocycles. The number of nitrogens with zero attached hydrogens (tertiary/aromatic N) is 4. The number of halogens is 1. The van der Waals surface area contributed by atoms with Crippen LogP contribution in [0.4, 0.5) is 4.39 Å². The third-order valence-electron chi connectivity index (χ3n) is 6.67. The Balaban J connectivity index is 1.38. The van der Waals surface area contributed by atoms with Gasteiger partial charge in [-0.05, 0) is 68.8 Å². The number of hydrogen-bond donors (Lipinski definition) is 2. The van der Waals surface area contributed by atoms with Gasteiger partial charge < -0.3 is 10.3 Å². The molecule has 4 aromatic rings. The van der Waals surface area contributed by atoms with Gasteiger partial charge in [0.25, 0.3) is 0 Å². The second-order valence-corrected chi connectivity index (χ2v) is 8.87. The van der Waals surface area contributed by atoms with E-state index in [9.17, 15) is 4.39 Å². The van der Waals surface area contributed by atoms with Gasteiger partial charge in [-0.25, -0.2) is 18.9 Å². The number of aromatic nitrogens is 5. The Morgan fingerprint density at radius 1 is 1.17 bits per heavy atom. The first-order chi connectivity index (χ1) is 14.0. The summed E-state index contributed by atoms with van der Waals surface area (Å²) in [5.74, 6) is 1.03. The number of benzene rings is 1. The first-order valence-corrected chi connectivity index (χ1v) is 10.2. The van der Waals surface area contributed by atoms with Crippen LogP contribution in [0, 0.1) is 25.1 Å². The fourth-order valence-corrected chi connectivity index (χ4v) is 5.14. The molecular weight excluding hydrogens is 367 g/mol. The monoisotopic (exact) mass is 390 g/mol. The first-order valence-electron chi connectivity index (χ1n) is 10.2. The molecule has 0 atom stereocenters. The van der Waals surface area contributed by atoms with Crippen molar-refractivity contribution < 1.29 is 4.39 Å². The molecule has 0 bridgehead atoms. The Morgan fingerprint density at radius 3 is 2.83 bits per heavy atom. The molecule has 3 aromatic heterocycles. The van der Waals surface area contributed by atoms with Gasteiger partial charge in [-0.3, -0.25) is 0 Å². The highest BCUT2D eigenvalue weighted by Gasteiger charge is 2.47. The summed E-state index contributed by atoms with van der Waals surface area (Å²) >= 11 is 0. The number of aromatic amines is 1. The lowest BCUT2D eigenvalue weighted by Gasteiger charge is -2.43. The fraction of sp³-hybridized carbons (Fsp3) is 0.409. The second-order valence-electron chi connectivity index (χ2n) is 8.87. The maximum atomic E-state index is 14.9. The highest BCUT2D eigenvalue weighted by molar-refractivity contribution is 5.82. The normalized spacial score (nSPS) is 24.0. The second kappa shape index (κ2) is 5.86. The molecule has 0 amide bonds. The fourth-order valence-electron chi connectivity index (χ4n) is 5.14. The van der Waals surface area contributed by atoms with E-state index in [4.69, 9.17) is 4.98 Å². The SMILES string of the molecule is Cc1cn2nc(-c3cc(F)c4[nH]c(C5CC6(CCNC6)C5)nc4c3)cc(C)c2n1. The largest absolute Gasteiger partial charge is 0.339 e. The summed E-state index contributed by atoms with van der Waals surface area (Å²) in [5, 5.41) is 8.10. The van der Waals surface area contributed by atoms with Gasteiger partial charge in [0.1, 0.15) is 17.2 Å². The van der Waals surface area contributed by atoms with Gasteiger partial charge in [-0.2, -0.15) is 5.10 Å². The van der Waals surface area contributed by atoms with E-state index in [1.165, 1.54) is 6.42 Å². The third kappa shape index (κ3) is 2.60. The van der Waals surface area contributed by atoms with Crippen molar-refractivity contribution in [3.05, 3.63) is 47.3 Å². The van der Waals surface area contributed by atoms with E-state index in [0.717, 1.165) is 59.9 Å². The van der Waals surface area contributed by atoms with E-state index < -0.39 is 0 Å². The Morgan fingerprint density at radius 2 is 2.03 bits per heavy atom. The van der Waals surface area contributed by atoms with Crippen LogP contribution in [0.25, 0.3) is 27.9 Å². The predicted octanol–water partition coefficient (Wildman–Crippen LogP) is 3.89. The Hall–Kier alpha value is -2.80. The maximum absolute atomic E-state index is 14.9. The van der Waals surface area contributed by atoms with Gasteiger partial charge in [-0.15, -0.1) is 0 Å². The minimum Gasteiger partial charge on any atom is -0.339 e. The molecule has 7 heteroatoms. The average molecular weight is 390 g/mol. The zero-order valence-corrected chi connectivity index (χ0v) is 16.6. The average Bonchev–Trinajstić information content (AvgIpc) is 3.37. The van der Waals surface area contributed by atoms with Gasteiger partial charge >= 0.3 is 0 Å². The molecule has 1 saturated carbocycles. The quantitative estimate of drug-likeness (QED) is 0.545. The minimum atomic E-state index is -0.283. The summed E-state index contributed by atoms with van der Waals surface area (Å²) in [6, 6.07) is 5.44. The summed E-state index contributed by atoms with van der Waals surface area (Å²) in [6.45, 7) is 6.15. The van der Waals surface area contributed by atoms with Crippen molar-refractivity contribution in [2.45, 2.75) is 39.0 Å². The summed E-state index contributed by atoms with van der Waals surface area (Å²) < 4.78 is 16.7. The van der Waals surface area contributed by atoms with Crippen molar-refractivity contribution >= 4 is 16.7 Å². The molecule has 2 aliphatic rings. The lowest BCUT2D eigenvalue weighted by atomic mass is 9.61. The minimum absolute atomic E-state index is 0.283. The van der Waals surface area contributed by atoms with Gasteiger partial charge in [0, 0.05) is 18.0 Å². The third-order valence-corrected chi connectivity index (χ3v) is 6.67. The highest BCUT2D eigenvalue weighted by Crippen LogP contribution is 2.53. The van der Waals surface area contributed by atoms with Crippen molar-refractivity contribution in [1.29, 1.82) is 0 Å². The molecule has 1 aromatic carbocycles. The number of hydrogen-bond acceptors (Lipinski definition) is 4. The molecule has 4 heterocycles. The van der Waals surface area contributed by atoms with Crippen LogP contribution in [-0.4, -0.2) is 37.7 Å². The van der Waals surface area contributed by atoms with Gasteiger partial charge in [0.05, 0.1) is 23.1 Å². The molecule has 1 saturated heterocycles. The molecule has 1 aliphatic heterocycles. The summed E-state index contributed by atoms with van der Waals surface area (Å²) in [5.41, 5.74) is 5.80.